The number of benzene rings is 1. The summed E-state index contributed by atoms with van der Waals surface area (Å²) in [5, 5.41) is 3.63. The quantitative estimate of drug-likeness (QED) is 0.803. The third-order valence-corrected chi connectivity index (χ3v) is 5.06. The predicted molar refractivity (Wildman–Crippen MR) is 114 cm³/mol. The largest absolute Gasteiger partial charge is 0.444 e. The molecule has 1 atom stereocenters. The van der Waals surface area contributed by atoms with Crippen LogP contribution in [0, 0.1) is 0 Å². The number of rotatable bonds is 4. The average molecular weight is 415 g/mol. The first-order chi connectivity index (χ1) is 14.1. The summed E-state index contributed by atoms with van der Waals surface area (Å²) in [6, 6.07) is 7.22. The number of aromatic nitrogens is 1. The number of carbonyl (C=O) groups is 3. The molecule has 2 N–H and O–H groups in total. The van der Waals surface area contributed by atoms with Crippen molar-refractivity contribution in [2.75, 3.05) is 26.2 Å². The Balaban J connectivity index is 1.49. The maximum atomic E-state index is 12.7. The molecule has 1 aromatic carbocycles. The second kappa shape index (κ2) is 8.77. The number of hydrogen-bond acceptors (Lipinski definition) is 4. The number of alkyl carbamates (subject to hydrolysis) is 1. The second-order valence-corrected chi connectivity index (χ2v) is 8.61. The molecular weight excluding hydrogens is 384 g/mol. The summed E-state index contributed by atoms with van der Waals surface area (Å²) in [6.07, 6.45) is 1.59. The van der Waals surface area contributed by atoms with Crippen LogP contribution in [-0.4, -0.2) is 70.5 Å². The highest BCUT2D eigenvalue weighted by atomic mass is 16.6. The van der Waals surface area contributed by atoms with Crippen molar-refractivity contribution in [1.82, 2.24) is 20.1 Å². The summed E-state index contributed by atoms with van der Waals surface area (Å²) in [7, 11) is 0. The summed E-state index contributed by atoms with van der Waals surface area (Å²) in [5.74, 6) is -0.128. The van der Waals surface area contributed by atoms with Crippen molar-refractivity contribution in [2.24, 2.45) is 0 Å². The van der Waals surface area contributed by atoms with Crippen molar-refractivity contribution >= 4 is 28.8 Å². The number of fused-ring (bicyclic) bond motifs is 1. The molecule has 1 aliphatic rings. The van der Waals surface area contributed by atoms with Crippen LogP contribution in [0.25, 0.3) is 10.9 Å². The summed E-state index contributed by atoms with van der Waals surface area (Å²) in [6.45, 7) is 8.79. The van der Waals surface area contributed by atoms with Gasteiger partial charge in [-0.15, -0.1) is 0 Å². The Morgan fingerprint density at radius 2 is 1.73 bits per heavy atom. The molecule has 8 nitrogen and oxygen atoms in total. The molecule has 0 saturated carbocycles. The van der Waals surface area contributed by atoms with Gasteiger partial charge in [0.2, 0.25) is 11.8 Å². The molecule has 0 unspecified atom stereocenters. The van der Waals surface area contributed by atoms with Gasteiger partial charge in [0.25, 0.3) is 0 Å². The lowest BCUT2D eigenvalue weighted by molar-refractivity contribution is -0.140. The van der Waals surface area contributed by atoms with E-state index in [4.69, 9.17) is 4.74 Å². The lowest BCUT2D eigenvalue weighted by Crippen LogP contribution is -2.55. The lowest BCUT2D eigenvalue weighted by atomic mass is 10.1. The summed E-state index contributed by atoms with van der Waals surface area (Å²) >= 11 is 0. The number of aromatic amines is 1. The van der Waals surface area contributed by atoms with E-state index in [-0.39, 0.29) is 11.8 Å². The van der Waals surface area contributed by atoms with Gasteiger partial charge in [0.15, 0.2) is 0 Å². The van der Waals surface area contributed by atoms with Gasteiger partial charge >= 0.3 is 6.09 Å². The molecule has 3 rings (SSSR count). The van der Waals surface area contributed by atoms with Gasteiger partial charge in [0, 0.05) is 43.3 Å². The predicted octanol–water partition coefficient (Wildman–Crippen LogP) is 2.29. The molecule has 1 aromatic heterocycles. The Morgan fingerprint density at radius 1 is 1.10 bits per heavy atom. The Kier molecular flexibility index (Phi) is 6.34. The molecule has 0 aliphatic carbocycles. The summed E-state index contributed by atoms with van der Waals surface area (Å²) in [5.41, 5.74) is 1.37. The van der Waals surface area contributed by atoms with Crippen molar-refractivity contribution in [2.45, 2.75) is 45.8 Å². The zero-order chi connectivity index (χ0) is 21.9. The molecule has 2 aromatic rings. The zero-order valence-corrected chi connectivity index (χ0v) is 18.0. The fraction of sp³-hybridized carbons (Fsp3) is 0.500. The highest BCUT2D eigenvalue weighted by Gasteiger charge is 2.29. The third-order valence-electron chi connectivity index (χ3n) is 5.06. The molecule has 0 bridgehead atoms. The van der Waals surface area contributed by atoms with E-state index in [1.165, 1.54) is 0 Å². The zero-order valence-electron chi connectivity index (χ0n) is 18.0. The first-order valence-corrected chi connectivity index (χ1v) is 10.2. The molecular formula is C22H30N4O4. The van der Waals surface area contributed by atoms with Crippen molar-refractivity contribution in [3.05, 3.63) is 36.0 Å². The van der Waals surface area contributed by atoms with Gasteiger partial charge in [-0.2, -0.15) is 0 Å². The minimum atomic E-state index is -0.687. The first-order valence-electron chi connectivity index (χ1n) is 10.2. The van der Waals surface area contributed by atoms with Crippen LogP contribution in [0.1, 0.15) is 33.3 Å². The van der Waals surface area contributed by atoms with E-state index < -0.39 is 17.7 Å². The van der Waals surface area contributed by atoms with E-state index in [2.05, 4.69) is 10.3 Å². The molecule has 162 valence electrons. The van der Waals surface area contributed by atoms with Crippen LogP contribution in [0.2, 0.25) is 0 Å². The molecule has 0 spiro atoms. The van der Waals surface area contributed by atoms with E-state index in [0.717, 1.165) is 16.5 Å². The van der Waals surface area contributed by atoms with Crippen LogP contribution in [0.5, 0.6) is 0 Å². The Hall–Kier alpha value is -3.03. The summed E-state index contributed by atoms with van der Waals surface area (Å²) in [4.78, 5) is 43.9. The van der Waals surface area contributed by atoms with Crippen LogP contribution >= 0.6 is 0 Å². The van der Waals surface area contributed by atoms with Crippen LogP contribution in [0.4, 0.5) is 4.79 Å². The number of ether oxygens (including phenoxy) is 1. The molecule has 3 amide bonds. The van der Waals surface area contributed by atoms with E-state index in [9.17, 15) is 14.4 Å². The van der Waals surface area contributed by atoms with Crippen molar-refractivity contribution in [3.63, 3.8) is 0 Å². The van der Waals surface area contributed by atoms with Crippen LogP contribution in [0.3, 0.4) is 0 Å². The number of H-pyrrole nitrogens is 1. The Bertz CT molecular complexity index is 923. The van der Waals surface area contributed by atoms with E-state index in [1.807, 2.05) is 30.5 Å². The van der Waals surface area contributed by atoms with Gasteiger partial charge in [-0.1, -0.05) is 18.2 Å². The SMILES string of the molecule is C[C@@H](NC(=O)OC(C)(C)C)C(=O)N1CCN(C(=O)Cc2c[nH]c3ccccc23)CC1. The number of piperazine rings is 1. The maximum Gasteiger partial charge on any atom is 0.408 e. The number of amides is 3. The minimum absolute atomic E-state index is 0.0479. The van der Waals surface area contributed by atoms with Gasteiger partial charge in [-0.25, -0.2) is 4.79 Å². The first kappa shape index (κ1) is 21.7. The smallest absolute Gasteiger partial charge is 0.408 e. The highest BCUT2D eigenvalue weighted by molar-refractivity contribution is 5.89. The molecule has 1 fully saturated rings. The van der Waals surface area contributed by atoms with E-state index in [1.54, 1.807) is 37.5 Å². The third kappa shape index (κ3) is 5.31. The topological polar surface area (TPSA) is 94.7 Å². The Morgan fingerprint density at radius 3 is 2.40 bits per heavy atom. The number of nitrogens with one attached hydrogen (secondary N) is 2. The summed E-state index contributed by atoms with van der Waals surface area (Å²) < 4.78 is 5.20. The number of para-hydroxylation sites is 1. The lowest BCUT2D eigenvalue weighted by Gasteiger charge is -2.36. The Labute approximate surface area is 176 Å². The molecule has 8 heteroatoms. The minimum Gasteiger partial charge on any atom is -0.444 e. The van der Waals surface area contributed by atoms with Crippen molar-refractivity contribution in [1.29, 1.82) is 0 Å². The molecule has 1 aliphatic heterocycles. The average Bonchev–Trinajstić information content (AvgIpc) is 3.09. The molecule has 1 saturated heterocycles. The second-order valence-electron chi connectivity index (χ2n) is 8.61. The molecule has 0 radical (unpaired) electrons. The number of hydrogen-bond donors (Lipinski definition) is 2. The van der Waals surface area contributed by atoms with Crippen molar-refractivity contribution in [3.8, 4) is 0 Å². The molecule has 2 heterocycles. The van der Waals surface area contributed by atoms with Gasteiger partial charge in [0.1, 0.15) is 11.6 Å². The maximum absolute atomic E-state index is 12.7. The van der Waals surface area contributed by atoms with Gasteiger partial charge in [-0.3, -0.25) is 9.59 Å². The van der Waals surface area contributed by atoms with Crippen molar-refractivity contribution < 1.29 is 19.1 Å². The van der Waals surface area contributed by atoms with Crippen LogP contribution in [-0.2, 0) is 20.7 Å². The monoisotopic (exact) mass is 414 g/mol. The van der Waals surface area contributed by atoms with Crippen LogP contribution in [0.15, 0.2) is 30.5 Å². The fourth-order valence-electron chi connectivity index (χ4n) is 3.55. The standard InChI is InChI=1S/C22H30N4O4/c1-15(24-21(29)30-22(2,3)4)20(28)26-11-9-25(10-12-26)19(27)13-16-14-23-18-8-6-5-7-17(16)18/h5-8,14-15,23H,9-13H2,1-4H3,(H,24,29)/t15-/m1/s1. The highest BCUT2D eigenvalue weighted by Crippen LogP contribution is 2.19. The van der Waals surface area contributed by atoms with Gasteiger partial charge < -0.3 is 24.8 Å². The van der Waals surface area contributed by atoms with Crippen LogP contribution < -0.4 is 5.32 Å². The number of nitrogens with zero attached hydrogens (tertiary/aromatic N) is 2. The van der Waals surface area contributed by atoms with Gasteiger partial charge in [0.05, 0.1) is 6.42 Å². The number of carbonyl (C=O) groups excluding carboxylic acids is 3. The van der Waals surface area contributed by atoms with Gasteiger partial charge in [-0.05, 0) is 39.3 Å². The van der Waals surface area contributed by atoms with E-state index >= 15 is 0 Å². The normalized spacial score (nSPS) is 15.7. The van der Waals surface area contributed by atoms with E-state index in [0.29, 0.717) is 32.6 Å². The fourth-order valence-corrected chi connectivity index (χ4v) is 3.55. The molecule has 30 heavy (non-hydrogen) atoms.